The molecule has 2 heteroatoms. The standard InChI is InChI=1S/C52H32N2/c1-2-12-34(13-3-1)47-30-28-36-26-27-37-29-31-48(54-52(37)51(36)53-47)50-44-20-10-8-18-42(44)49(43-19-9-11-21-45(43)50)35-24-22-33(23-25-35)46-32-38-14-4-5-15-39(38)40-16-6-7-17-41(40)46/h1-32H. The van der Waals surface area contributed by atoms with Crippen LogP contribution in [0.25, 0.3) is 110 Å². The lowest BCUT2D eigenvalue weighted by molar-refractivity contribution is 1.37. The summed E-state index contributed by atoms with van der Waals surface area (Å²) in [5.41, 5.74) is 10.8. The van der Waals surface area contributed by atoms with Crippen molar-refractivity contribution >= 4 is 64.9 Å². The Balaban J connectivity index is 1.10. The van der Waals surface area contributed by atoms with Crippen LogP contribution in [0.3, 0.4) is 0 Å². The molecule has 0 saturated carbocycles. The van der Waals surface area contributed by atoms with E-state index in [-0.39, 0.29) is 0 Å². The zero-order chi connectivity index (χ0) is 35.6. The lowest BCUT2D eigenvalue weighted by Gasteiger charge is -2.18. The number of hydrogen-bond acceptors (Lipinski definition) is 2. The smallest absolute Gasteiger partial charge is 0.0972 e. The molecule has 0 spiro atoms. The fraction of sp³-hybridized carbons (Fsp3) is 0. The highest BCUT2D eigenvalue weighted by molar-refractivity contribution is 6.21. The largest absolute Gasteiger partial charge is 0.245 e. The summed E-state index contributed by atoms with van der Waals surface area (Å²) in [6, 6.07) is 69.8. The topological polar surface area (TPSA) is 25.8 Å². The molecule has 9 aromatic carbocycles. The predicted octanol–water partition coefficient (Wildman–Crippen LogP) is 14.1. The summed E-state index contributed by atoms with van der Waals surface area (Å²) in [5, 5.41) is 12.0. The maximum absolute atomic E-state index is 5.44. The van der Waals surface area contributed by atoms with Gasteiger partial charge in [0, 0.05) is 21.9 Å². The average Bonchev–Trinajstić information content (AvgIpc) is 3.25. The van der Waals surface area contributed by atoms with Gasteiger partial charge in [-0.05, 0) is 83.5 Å². The monoisotopic (exact) mass is 684 g/mol. The summed E-state index contributed by atoms with van der Waals surface area (Å²) in [7, 11) is 0. The van der Waals surface area contributed by atoms with Crippen molar-refractivity contribution in [1.82, 2.24) is 9.97 Å². The molecule has 0 atom stereocenters. The Bertz CT molecular complexity index is 3200. The first kappa shape index (κ1) is 30.5. The zero-order valence-corrected chi connectivity index (χ0v) is 29.4. The number of fused-ring (bicyclic) bond motifs is 8. The molecule has 0 N–H and O–H groups in total. The van der Waals surface area contributed by atoms with E-state index >= 15 is 0 Å². The minimum atomic E-state index is 0.914. The number of aromatic nitrogens is 2. The zero-order valence-electron chi connectivity index (χ0n) is 29.4. The van der Waals surface area contributed by atoms with Crippen LogP contribution in [0.5, 0.6) is 0 Å². The molecule has 0 aliphatic carbocycles. The second-order valence-electron chi connectivity index (χ2n) is 14.1. The molecule has 2 heterocycles. The molecule has 0 amide bonds. The lowest BCUT2D eigenvalue weighted by Crippen LogP contribution is -1.94. The van der Waals surface area contributed by atoms with E-state index in [1.807, 2.05) is 6.07 Å². The molecule has 11 aromatic rings. The van der Waals surface area contributed by atoms with Gasteiger partial charge in [-0.1, -0.05) is 176 Å². The number of rotatable bonds is 4. The number of hydrogen-bond donors (Lipinski definition) is 0. The van der Waals surface area contributed by atoms with E-state index in [0.717, 1.165) is 44.3 Å². The maximum atomic E-state index is 5.44. The third-order valence-electron chi connectivity index (χ3n) is 11.0. The van der Waals surface area contributed by atoms with Gasteiger partial charge in [-0.3, -0.25) is 0 Å². The summed E-state index contributed by atoms with van der Waals surface area (Å²) in [4.78, 5) is 10.6. The highest BCUT2D eigenvalue weighted by atomic mass is 14.8. The van der Waals surface area contributed by atoms with Crippen molar-refractivity contribution in [2.45, 2.75) is 0 Å². The Kier molecular flexibility index (Phi) is 6.90. The quantitative estimate of drug-likeness (QED) is 0.136. The predicted molar refractivity (Wildman–Crippen MR) is 229 cm³/mol. The second-order valence-corrected chi connectivity index (χ2v) is 14.1. The summed E-state index contributed by atoms with van der Waals surface area (Å²) in [6.07, 6.45) is 0. The molecule has 0 fully saturated rings. The van der Waals surface area contributed by atoms with Gasteiger partial charge in [0.05, 0.1) is 22.4 Å². The minimum absolute atomic E-state index is 0.914. The van der Waals surface area contributed by atoms with E-state index < -0.39 is 0 Å². The van der Waals surface area contributed by atoms with Gasteiger partial charge in [-0.2, -0.15) is 0 Å². The Morgan fingerprint density at radius 1 is 0.259 bits per heavy atom. The summed E-state index contributed by atoms with van der Waals surface area (Å²) in [5.74, 6) is 0. The van der Waals surface area contributed by atoms with E-state index in [4.69, 9.17) is 9.97 Å². The van der Waals surface area contributed by atoms with Crippen LogP contribution in [0.2, 0.25) is 0 Å². The van der Waals surface area contributed by atoms with Crippen LogP contribution in [0, 0.1) is 0 Å². The molecule has 0 aliphatic rings. The Hall–Kier alpha value is -7.16. The van der Waals surface area contributed by atoms with Crippen LogP contribution in [0.1, 0.15) is 0 Å². The van der Waals surface area contributed by atoms with Crippen molar-refractivity contribution in [3.05, 3.63) is 194 Å². The lowest BCUT2D eigenvalue weighted by atomic mass is 9.86. The Morgan fingerprint density at radius 2 is 0.722 bits per heavy atom. The molecule has 0 saturated heterocycles. The molecule has 0 unspecified atom stereocenters. The second kappa shape index (κ2) is 12.2. The molecule has 250 valence electrons. The van der Waals surface area contributed by atoms with Crippen molar-refractivity contribution in [1.29, 1.82) is 0 Å². The average molecular weight is 685 g/mol. The van der Waals surface area contributed by atoms with Gasteiger partial charge in [0.1, 0.15) is 0 Å². The fourth-order valence-corrected chi connectivity index (χ4v) is 8.50. The van der Waals surface area contributed by atoms with E-state index in [1.54, 1.807) is 0 Å². The Morgan fingerprint density at radius 3 is 1.37 bits per heavy atom. The number of nitrogens with zero attached hydrogens (tertiary/aromatic N) is 2. The molecular formula is C52H32N2. The van der Waals surface area contributed by atoms with Crippen LogP contribution in [-0.4, -0.2) is 9.97 Å². The minimum Gasteiger partial charge on any atom is -0.245 e. The van der Waals surface area contributed by atoms with Crippen LogP contribution in [0.4, 0.5) is 0 Å². The molecule has 2 aromatic heterocycles. The van der Waals surface area contributed by atoms with Crippen LogP contribution in [-0.2, 0) is 0 Å². The normalized spacial score (nSPS) is 11.7. The number of pyridine rings is 2. The van der Waals surface area contributed by atoms with Crippen molar-refractivity contribution in [2.24, 2.45) is 0 Å². The van der Waals surface area contributed by atoms with E-state index in [1.165, 1.54) is 65.3 Å². The summed E-state index contributed by atoms with van der Waals surface area (Å²) < 4.78 is 0. The molecule has 11 rings (SSSR count). The molecular weight excluding hydrogens is 653 g/mol. The van der Waals surface area contributed by atoms with Crippen molar-refractivity contribution < 1.29 is 0 Å². The Labute approximate surface area is 312 Å². The fourth-order valence-electron chi connectivity index (χ4n) is 8.50. The maximum Gasteiger partial charge on any atom is 0.0972 e. The third kappa shape index (κ3) is 4.81. The van der Waals surface area contributed by atoms with Crippen molar-refractivity contribution in [3.63, 3.8) is 0 Å². The van der Waals surface area contributed by atoms with Gasteiger partial charge in [-0.25, -0.2) is 9.97 Å². The van der Waals surface area contributed by atoms with Gasteiger partial charge in [0.15, 0.2) is 0 Å². The van der Waals surface area contributed by atoms with Crippen LogP contribution < -0.4 is 0 Å². The molecule has 0 aliphatic heterocycles. The molecule has 2 nitrogen and oxygen atoms in total. The van der Waals surface area contributed by atoms with Crippen molar-refractivity contribution in [2.75, 3.05) is 0 Å². The summed E-state index contributed by atoms with van der Waals surface area (Å²) in [6.45, 7) is 0. The molecule has 0 radical (unpaired) electrons. The van der Waals surface area contributed by atoms with Crippen LogP contribution >= 0.6 is 0 Å². The molecule has 0 bridgehead atoms. The highest BCUT2D eigenvalue weighted by Gasteiger charge is 2.19. The van der Waals surface area contributed by atoms with E-state index in [0.29, 0.717) is 0 Å². The molecule has 54 heavy (non-hydrogen) atoms. The first-order valence-corrected chi connectivity index (χ1v) is 18.5. The van der Waals surface area contributed by atoms with Gasteiger partial charge in [-0.15, -0.1) is 0 Å². The highest BCUT2D eigenvalue weighted by Crippen LogP contribution is 2.44. The summed E-state index contributed by atoms with van der Waals surface area (Å²) >= 11 is 0. The van der Waals surface area contributed by atoms with E-state index in [2.05, 4.69) is 188 Å². The first-order chi connectivity index (χ1) is 26.8. The van der Waals surface area contributed by atoms with Gasteiger partial charge >= 0.3 is 0 Å². The van der Waals surface area contributed by atoms with Gasteiger partial charge < -0.3 is 0 Å². The third-order valence-corrected chi connectivity index (χ3v) is 11.0. The van der Waals surface area contributed by atoms with Crippen LogP contribution in [0.15, 0.2) is 194 Å². The van der Waals surface area contributed by atoms with Crippen molar-refractivity contribution in [3.8, 4) is 44.8 Å². The van der Waals surface area contributed by atoms with Gasteiger partial charge in [0.25, 0.3) is 0 Å². The SMILES string of the molecule is c1ccc(-c2ccc3ccc4ccc(-c5c6ccccc6c(-c6ccc(-c7cc8ccccc8c8ccccc78)cc6)c6ccccc56)nc4c3n2)cc1. The van der Waals surface area contributed by atoms with Gasteiger partial charge in [0.2, 0.25) is 0 Å². The number of benzene rings is 9. The first-order valence-electron chi connectivity index (χ1n) is 18.5. The van der Waals surface area contributed by atoms with E-state index in [9.17, 15) is 0 Å².